The Hall–Kier alpha value is -1.95. The predicted molar refractivity (Wildman–Crippen MR) is 79.8 cm³/mol. The molecule has 1 fully saturated rings. The maximum Gasteiger partial charge on any atom is 0.320 e. The molecule has 1 aromatic carbocycles. The second-order valence-electron chi connectivity index (χ2n) is 5.61. The smallest absolute Gasteiger partial charge is 0.320 e. The number of hydrogen-bond acceptors (Lipinski definition) is 3. The third kappa shape index (κ3) is 4.53. The van der Waals surface area contributed by atoms with Gasteiger partial charge >= 0.3 is 5.97 Å². The molecule has 2 unspecified atom stereocenters. The average Bonchev–Trinajstić information content (AvgIpc) is 3.28. The Bertz CT molecular complexity index is 529. The molecule has 2 rings (SSSR count). The fraction of sp³-hybridized carbons (Fsp3) is 0.500. The molecule has 1 aromatic rings. The van der Waals surface area contributed by atoms with Gasteiger partial charge in [-0.05, 0) is 37.0 Å². The Morgan fingerprint density at radius 2 is 1.95 bits per heavy atom. The number of hydrogen-bond donors (Lipinski definition) is 3. The van der Waals surface area contributed by atoms with Crippen molar-refractivity contribution in [3.05, 3.63) is 35.6 Å². The van der Waals surface area contributed by atoms with E-state index in [1.54, 1.807) is 0 Å². The van der Waals surface area contributed by atoms with E-state index in [0.29, 0.717) is 18.4 Å². The number of amides is 1. The molecule has 2 atom stereocenters. The van der Waals surface area contributed by atoms with Gasteiger partial charge in [-0.25, -0.2) is 4.39 Å². The van der Waals surface area contributed by atoms with Crippen molar-refractivity contribution >= 4 is 11.9 Å². The van der Waals surface area contributed by atoms with Crippen LogP contribution in [0.3, 0.4) is 0 Å². The van der Waals surface area contributed by atoms with E-state index >= 15 is 0 Å². The van der Waals surface area contributed by atoms with Crippen molar-refractivity contribution in [2.24, 2.45) is 0 Å². The zero-order chi connectivity index (χ0) is 16.1. The van der Waals surface area contributed by atoms with E-state index in [0.717, 1.165) is 12.8 Å². The van der Waals surface area contributed by atoms with Gasteiger partial charge < -0.3 is 10.4 Å². The highest BCUT2D eigenvalue weighted by Crippen LogP contribution is 2.22. The SMILES string of the molecule is CCCC(NC(C(=O)NC1CC1)c1ccc(F)cc1)C(=O)O. The van der Waals surface area contributed by atoms with Crippen LogP contribution in [0.1, 0.15) is 44.2 Å². The van der Waals surface area contributed by atoms with Gasteiger partial charge in [-0.3, -0.25) is 14.9 Å². The molecule has 0 spiro atoms. The molecular formula is C16H21FN2O3. The van der Waals surface area contributed by atoms with Crippen LogP contribution in [-0.4, -0.2) is 29.1 Å². The van der Waals surface area contributed by atoms with E-state index in [1.807, 2.05) is 6.92 Å². The number of rotatable bonds is 8. The van der Waals surface area contributed by atoms with Crippen LogP contribution in [0.2, 0.25) is 0 Å². The molecule has 0 saturated heterocycles. The molecule has 3 N–H and O–H groups in total. The van der Waals surface area contributed by atoms with Crippen LogP contribution in [0, 0.1) is 5.82 Å². The van der Waals surface area contributed by atoms with E-state index in [9.17, 15) is 19.1 Å². The number of carboxylic acids is 1. The topological polar surface area (TPSA) is 78.4 Å². The highest BCUT2D eigenvalue weighted by molar-refractivity contribution is 5.85. The zero-order valence-electron chi connectivity index (χ0n) is 12.5. The van der Waals surface area contributed by atoms with Gasteiger partial charge in [0.15, 0.2) is 0 Å². The van der Waals surface area contributed by atoms with Crippen molar-refractivity contribution in [3.63, 3.8) is 0 Å². The summed E-state index contributed by atoms with van der Waals surface area (Å²) < 4.78 is 13.1. The lowest BCUT2D eigenvalue weighted by molar-refractivity contribution is -0.140. The molecule has 5 nitrogen and oxygen atoms in total. The number of nitrogens with one attached hydrogen (secondary N) is 2. The third-order valence-electron chi connectivity index (χ3n) is 3.63. The lowest BCUT2D eigenvalue weighted by Crippen LogP contribution is -2.46. The molecule has 22 heavy (non-hydrogen) atoms. The lowest BCUT2D eigenvalue weighted by atomic mass is 10.0. The van der Waals surface area contributed by atoms with Crippen LogP contribution >= 0.6 is 0 Å². The predicted octanol–water partition coefficient (Wildman–Crippen LogP) is 1.99. The van der Waals surface area contributed by atoms with E-state index in [2.05, 4.69) is 10.6 Å². The van der Waals surface area contributed by atoms with Gasteiger partial charge in [0, 0.05) is 6.04 Å². The first-order valence-electron chi connectivity index (χ1n) is 7.56. The molecule has 1 saturated carbocycles. The first-order valence-corrected chi connectivity index (χ1v) is 7.56. The Kier molecular flexibility index (Phi) is 5.49. The quantitative estimate of drug-likeness (QED) is 0.686. The Balaban J connectivity index is 2.17. The van der Waals surface area contributed by atoms with Gasteiger partial charge in [0.2, 0.25) is 5.91 Å². The van der Waals surface area contributed by atoms with E-state index in [1.165, 1.54) is 24.3 Å². The van der Waals surface area contributed by atoms with Crippen LogP contribution in [-0.2, 0) is 9.59 Å². The molecule has 1 aliphatic rings. The minimum atomic E-state index is -0.992. The van der Waals surface area contributed by atoms with Gasteiger partial charge in [0.25, 0.3) is 0 Å². The highest BCUT2D eigenvalue weighted by Gasteiger charge is 2.31. The van der Waals surface area contributed by atoms with Crippen LogP contribution in [0.5, 0.6) is 0 Å². The monoisotopic (exact) mass is 308 g/mol. The maximum atomic E-state index is 13.1. The molecule has 1 aliphatic carbocycles. The van der Waals surface area contributed by atoms with Crippen molar-refractivity contribution in [3.8, 4) is 0 Å². The lowest BCUT2D eigenvalue weighted by Gasteiger charge is -2.23. The fourth-order valence-electron chi connectivity index (χ4n) is 2.26. The normalized spacial score (nSPS) is 16.8. The van der Waals surface area contributed by atoms with Gasteiger partial charge in [-0.2, -0.15) is 0 Å². The van der Waals surface area contributed by atoms with Crippen molar-refractivity contribution in [1.29, 1.82) is 0 Å². The molecule has 0 radical (unpaired) electrons. The number of carbonyl (C=O) groups excluding carboxylic acids is 1. The Morgan fingerprint density at radius 3 is 2.45 bits per heavy atom. The summed E-state index contributed by atoms with van der Waals surface area (Å²) in [7, 11) is 0. The second kappa shape index (κ2) is 7.35. The van der Waals surface area contributed by atoms with Crippen molar-refractivity contribution in [1.82, 2.24) is 10.6 Å². The summed E-state index contributed by atoms with van der Waals surface area (Å²) in [5, 5.41) is 15.0. The minimum absolute atomic E-state index is 0.173. The average molecular weight is 308 g/mol. The maximum absolute atomic E-state index is 13.1. The highest BCUT2D eigenvalue weighted by atomic mass is 19.1. The second-order valence-corrected chi connectivity index (χ2v) is 5.61. The number of benzene rings is 1. The molecule has 0 heterocycles. The molecule has 0 aliphatic heterocycles. The summed E-state index contributed by atoms with van der Waals surface area (Å²) in [6.45, 7) is 1.88. The van der Waals surface area contributed by atoms with E-state index in [-0.39, 0.29) is 11.9 Å². The molecule has 1 amide bonds. The minimum Gasteiger partial charge on any atom is -0.480 e. The van der Waals surface area contributed by atoms with Gasteiger partial charge in [0.1, 0.15) is 17.9 Å². The zero-order valence-corrected chi connectivity index (χ0v) is 12.5. The van der Waals surface area contributed by atoms with Crippen LogP contribution in [0.4, 0.5) is 4.39 Å². The first-order chi connectivity index (χ1) is 10.5. The fourth-order valence-corrected chi connectivity index (χ4v) is 2.26. The summed E-state index contributed by atoms with van der Waals surface area (Å²) in [5.41, 5.74) is 0.557. The van der Waals surface area contributed by atoms with Crippen molar-refractivity contribution in [2.75, 3.05) is 0 Å². The molecule has 0 aromatic heterocycles. The van der Waals surface area contributed by atoms with E-state index in [4.69, 9.17) is 0 Å². The summed E-state index contributed by atoms with van der Waals surface area (Å²) in [6, 6.07) is 4.11. The summed E-state index contributed by atoms with van der Waals surface area (Å²) in [5.74, 6) is -1.65. The van der Waals surface area contributed by atoms with Crippen LogP contribution < -0.4 is 10.6 Å². The van der Waals surface area contributed by atoms with E-state index < -0.39 is 23.9 Å². The molecule has 6 heteroatoms. The number of aliphatic carboxylic acids is 1. The first kappa shape index (κ1) is 16.4. The van der Waals surface area contributed by atoms with Crippen molar-refractivity contribution in [2.45, 2.75) is 50.7 Å². The largest absolute Gasteiger partial charge is 0.480 e. The van der Waals surface area contributed by atoms with Crippen LogP contribution in [0.15, 0.2) is 24.3 Å². The number of carbonyl (C=O) groups is 2. The third-order valence-corrected chi connectivity index (χ3v) is 3.63. The van der Waals surface area contributed by atoms with Gasteiger partial charge in [-0.15, -0.1) is 0 Å². The standard InChI is InChI=1S/C16H21FN2O3/c1-2-3-13(16(21)22)19-14(15(20)18-12-8-9-12)10-4-6-11(17)7-5-10/h4-7,12-14,19H,2-3,8-9H2,1H3,(H,18,20)(H,21,22). The summed E-state index contributed by atoms with van der Waals surface area (Å²) >= 11 is 0. The summed E-state index contributed by atoms with van der Waals surface area (Å²) in [6.07, 6.45) is 2.99. The Morgan fingerprint density at radius 1 is 1.32 bits per heavy atom. The molecule has 0 bridgehead atoms. The summed E-state index contributed by atoms with van der Waals surface area (Å²) in [4.78, 5) is 23.7. The number of halogens is 1. The molecular weight excluding hydrogens is 287 g/mol. The molecule has 120 valence electrons. The van der Waals surface area contributed by atoms with Crippen LogP contribution in [0.25, 0.3) is 0 Å². The number of carboxylic acid groups (broad SMARTS) is 1. The van der Waals surface area contributed by atoms with Gasteiger partial charge in [-0.1, -0.05) is 25.5 Å². The Labute approximate surface area is 128 Å². The van der Waals surface area contributed by atoms with Gasteiger partial charge in [0.05, 0.1) is 0 Å². The van der Waals surface area contributed by atoms with Crippen molar-refractivity contribution < 1.29 is 19.1 Å².